The Bertz CT molecular complexity index is 726. The number of ether oxygens (including phenoxy) is 2. The van der Waals surface area contributed by atoms with Crippen molar-refractivity contribution in [3.8, 4) is 11.5 Å². The van der Waals surface area contributed by atoms with Crippen LogP contribution < -0.4 is 20.5 Å². The Kier molecular flexibility index (Phi) is 6.53. The van der Waals surface area contributed by atoms with Crippen LogP contribution in [0.3, 0.4) is 0 Å². The second-order valence-corrected chi connectivity index (χ2v) is 5.02. The number of rotatable bonds is 7. The summed E-state index contributed by atoms with van der Waals surface area (Å²) in [7, 11) is 1.53. The molecule has 134 valence electrons. The van der Waals surface area contributed by atoms with Crippen LogP contribution >= 0.6 is 0 Å². The summed E-state index contributed by atoms with van der Waals surface area (Å²) < 4.78 is 34.0. The molecule has 0 heterocycles. The number of nitrogens with one attached hydrogen (secondary N) is 1. The van der Waals surface area contributed by atoms with Crippen LogP contribution in [-0.4, -0.2) is 31.3 Å². The fourth-order valence-corrected chi connectivity index (χ4v) is 2.11. The number of benzene rings is 2. The first-order chi connectivity index (χ1) is 12.0. The lowest BCUT2D eigenvalue weighted by molar-refractivity contribution is -0.0499. The summed E-state index contributed by atoms with van der Waals surface area (Å²) in [5, 5.41) is 13.0. The van der Waals surface area contributed by atoms with E-state index >= 15 is 0 Å². The lowest BCUT2D eigenvalue weighted by atomic mass is 10.1. The third-order valence-electron chi connectivity index (χ3n) is 3.27. The van der Waals surface area contributed by atoms with Gasteiger partial charge in [-0.3, -0.25) is 4.99 Å². The van der Waals surface area contributed by atoms with Gasteiger partial charge in [-0.2, -0.15) is 8.78 Å². The highest BCUT2D eigenvalue weighted by Gasteiger charge is 2.11. The van der Waals surface area contributed by atoms with Gasteiger partial charge >= 0.3 is 6.61 Å². The molecule has 2 aromatic carbocycles. The molecule has 0 aliphatic carbocycles. The molecule has 0 radical (unpaired) electrons. The van der Waals surface area contributed by atoms with Crippen LogP contribution in [0.4, 0.5) is 14.5 Å². The number of guanidine groups is 1. The molecule has 6 nitrogen and oxygen atoms in total. The Labute approximate surface area is 143 Å². The fraction of sp³-hybridized carbons (Fsp3) is 0.235. The van der Waals surface area contributed by atoms with E-state index in [9.17, 15) is 13.9 Å². The monoisotopic (exact) mass is 351 g/mol. The molecule has 1 unspecified atom stereocenters. The van der Waals surface area contributed by atoms with Crippen molar-refractivity contribution in [3.63, 3.8) is 0 Å². The second-order valence-electron chi connectivity index (χ2n) is 5.02. The van der Waals surface area contributed by atoms with E-state index in [1.807, 2.05) is 12.1 Å². The van der Waals surface area contributed by atoms with Gasteiger partial charge in [0.1, 0.15) is 11.5 Å². The van der Waals surface area contributed by atoms with E-state index in [-0.39, 0.29) is 18.3 Å². The number of alkyl halides is 2. The van der Waals surface area contributed by atoms with E-state index in [1.54, 1.807) is 18.2 Å². The fourth-order valence-electron chi connectivity index (χ4n) is 2.11. The first-order valence-corrected chi connectivity index (χ1v) is 7.42. The third kappa shape index (κ3) is 5.61. The van der Waals surface area contributed by atoms with Gasteiger partial charge in [-0.25, -0.2) is 0 Å². The minimum absolute atomic E-state index is 0.0318. The lowest BCUT2D eigenvalue weighted by Gasteiger charge is -2.13. The molecule has 0 spiro atoms. The smallest absolute Gasteiger partial charge is 0.387 e. The SMILES string of the molecule is COc1ccccc1NC(N)=NCC(O)c1cccc(OC(F)F)c1. The van der Waals surface area contributed by atoms with E-state index in [0.29, 0.717) is 17.0 Å². The van der Waals surface area contributed by atoms with Gasteiger partial charge in [-0.15, -0.1) is 0 Å². The molecule has 0 bridgehead atoms. The van der Waals surface area contributed by atoms with Crippen LogP contribution in [0.15, 0.2) is 53.5 Å². The number of para-hydroxylation sites is 2. The second kappa shape index (κ2) is 8.84. The summed E-state index contributed by atoms with van der Waals surface area (Å²) in [5.41, 5.74) is 6.83. The zero-order chi connectivity index (χ0) is 18.2. The van der Waals surface area contributed by atoms with Gasteiger partial charge < -0.3 is 25.6 Å². The number of aliphatic hydroxyl groups excluding tert-OH is 1. The molecule has 2 aromatic rings. The maximum atomic E-state index is 12.2. The van der Waals surface area contributed by atoms with Crippen LogP contribution in [-0.2, 0) is 0 Å². The van der Waals surface area contributed by atoms with Crippen LogP contribution in [0.2, 0.25) is 0 Å². The van der Waals surface area contributed by atoms with E-state index in [1.165, 1.54) is 25.3 Å². The molecule has 4 N–H and O–H groups in total. The molecule has 0 aliphatic heterocycles. The Morgan fingerprint density at radius 2 is 2.00 bits per heavy atom. The summed E-state index contributed by atoms with van der Waals surface area (Å²) in [6.07, 6.45) is -1.01. The molecule has 0 aliphatic rings. The molecule has 25 heavy (non-hydrogen) atoms. The Balaban J connectivity index is 2.00. The highest BCUT2D eigenvalue weighted by molar-refractivity contribution is 5.93. The largest absolute Gasteiger partial charge is 0.495 e. The van der Waals surface area contributed by atoms with Gasteiger partial charge in [-0.1, -0.05) is 24.3 Å². The van der Waals surface area contributed by atoms with Crippen molar-refractivity contribution in [2.24, 2.45) is 10.7 Å². The van der Waals surface area contributed by atoms with Gasteiger partial charge in [0.25, 0.3) is 0 Å². The zero-order valence-corrected chi connectivity index (χ0v) is 13.5. The van der Waals surface area contributed by atoms with Crippen LogP contribution in [0.1, 0.15) is 11.7 Å². The van der Waals surface area contributed by atoms with Crippen LogP contribution in [0.5, 0.6) is 11.5 Å². The van der Waals surface area contributed by atoms with Crippen molar-refractivity contribution < 1.29 is 23.4 Å². The molecule has 2 rings (SSSR count). The maximum absolute atomic E-state index is 12.2. The summed E-state index contributed by atoms with van der Waals surface area (Å²) in [6, 6.07) is 13.0. The number of anilines is 1. The number of hydrogen-bond donors (Lipinski definition) is 3. The molecule has 8 heteroatoms. The molecule has 0 fully saturated rings. The van der Waals surface area contributed by atoms with E-state index in [4.69, 9.17) is 10.5 Å². The van der Waals surface area contributed by atoms with E-state index in [2.05, 4.69) is 15.0 Å². The number of nitrogens with zero attached hydrogens (tertiary/aromatic N) is 1. The first-order valence-electron chi connectivity index (χ1n) is 7.42. The molecule has 1 atom stereocenters. The minimum Gasteiger partial charge on any atom is -0.495 e. The first kappa shape index (κ1) is 18.5. The van der Waals surface area contributed by atoms with Crippen molar-refractivity contribution >= 4 is 11.6 Å². The number of hydrogen-bond acceptors (Lipinski definition) is 4. The highest BCUT2D eigenvalue weighted by atomic mass is 19.3. The molecule has 0 aromatic heterocycles. The van der Waals surface area contributed by atoms with E-state index < -0.39 is 12.7 Å². The van der Waals surface area contributed by atoms with Gasteiger partial charge in [0.05, 0.1) is 25.4 Å². The predicted molar refractivity (Wildman–Crippen MR) is 91.1 cm³/mol. The Morgan fingerprint density at radius 3 is 2.72 bits per heavy atom. The van der Waals surface area contributed by atoms with Gasteiger partial charge in [-0.05, 0) is 29.8 Å². The summed E-state index contributed by atoms with van der Waals surface area (Å²) >= 11 is 0. The molecular formula is C17H19F2N3O3. The quantitative estimate of drug-likeness (QED) is 0.527. The van der Waals surface area contributed by atoms with Crippen molar-refractivity contribution in [1.29, 1.82) is 0 Å². The molecular weight excluding hydrogens is 332 g/mol. The van der Waals surface area contributed by atoms with Crippen LogP contribution in [0.25, 0.3) is 0 Å². The number of halogens is 2. The topological polar surface area (TPSA) is 89.1 Å². The minimum atomic E-state index is -2.92. The van der Waals surface area contributed by atoms with Crippen LogP contribution in [0, 0.1) is 0 Å². The highest BCUT2D eigenvalue weighted by Crippen LogP contribution is 2.23. The van der Waals surface area contributed by atoms with Crippen molar-refractivity contribution in [1.82, 2.24) is 0 Å². The molecule has 0 saturated heterocycles. The number of methoxy groups -OCH3 is 1. The number of nitrogens with two attached hydrogens (primary N) is 1. The molecule has 0 amide bonds. The van der Waals surface area contributed by atoms with Gasteiger partial charge in [0, 0.05) is 0 Å². The van der Waals surface area contributed by atoms with Gasteiger partial charge in [0.15, 0.2) is 5.96 Å². The third-order valence-corrected chi connectivity index (χ3v) is 3.27. The maximum Gasteiger partial charge on any atom is 0.387 e. The van der Waals surface area contributed by atoms with Gasteiger partial charge in [0.2, 0.25) is 0 Å². The summed E-state index contributed by atoms with van der Waals surface area (Å²) in [4.78, 5) is 4.05. The number of aliphatic imine (C=N–C) groups is 1. The Hall–Kier alpha value is -2.87. The standard InChI is InChI=1S/C17H19F2N3O3/c1-24-15-8-3-2-7-13(15)22-17(20)21-10-14(23)11-5-4-6-12(9-11)25-16(18)19/h2-9,14,16,23H,10H2,1H3,(H3,20,21,22). The predicted octanol–water partition coefficient (Wildman–Crippen LogP) is 2.76. The molecule has 0 saturated carbocycles. The normalized spacial score (nSPS) is 12.8. The Morgan fingerprint density at radius 1 is 1.24 bits per heavy atom. The summed E-state index contributed by atoms with van der Waals surface area (Å²) in [5.74, 6) is 0.650. The van der Waals surface area contributed by atoms with Crippen molar-refractivity contribution in [3.05, 3.63) is 54.1 Å². The van der Waals surface area contributed by atoms with E-state index in [0.717, 1.165) is 0 Å². The zero-order valence-electron chi connectivity index (χ0n) is 13.5. The van der Waals surface area contributed by atoms with Crippen molar-refractivity contribution in [2.75, 3.05) is 19.0 Å². The average Bonchev–Trinajstić information content (AvgIpc) is 2.60. The lowest BCUT2D eigenvalue weighted by Crippen LogP contribution is -2.24. The number of aliphatic hydroxyl groups is 1. The van der Waals surface area contributed by atoms with Crippen molar-refractivity contribution in [2.45, 2.75) is 12.7 Å². The average molecular weight is 351 g/mol. The summed E-state index contributed by atoms with van der Waals surface area (Å²) in [6.45, 7) is -2.97.